The first-order valence-electron chi connectivity index (χ1n) is 15.1. The van der Waals surface area contributed by atoms with E-state index in [4.69, 9.17) is 0 Å². The van der Waals surface area contributed by atoms with Gasteiger partial charge in [0, 0.05) is 50.4 Å². The molecule has 204 valence electrons. The molecule has 1 aromatic heterocycles. The number of anilines is 2. The summed E-state index contributed by atoms with van der Waals surface area (Å²) in [5.41, 5.74) is 14.7. The molecule has 0 radical (unpaired) electrons. The molecule has 1 N–H and O–H groups in total. The van der Waals surface area contributed by atoms with Crippen LogP contribution in [-0.2, 0) is 5.41 Å². The summed E-state index contributed by atoms with van der Waals surface area (Å²) in [5.74, 6) is 1.19. The predicted octanol–water partition coefficient (Wildman–Crippen LogP) is 10.5. The van der Waals surface area contributed by atoms with Gasteiger partial charge in [-0.1, -0.05) is 80.6 Å². The van der Waals surface area contributed by atoms with E-state index < -0.39 is 0 Å². The molecule has 2 unspecified atom stereocenters. The van der Waals surface area contributed by atoms with E-state index >= 15 is 0 Å². The SMILES string of the molecule is CC1(C)c2cc(N(C3=CC(c4ccc5[nH]c6ccccc6c5c4)=C=CC=C3)c3ccccc3)ccc2C2C=CCCC21. The van der Waals surface area contributed by atoms with Crippen molar-refractivity contribution in [3.8, 4) is 0 Å². The Hall–Kier alpha value is -4.78. The van der Waals surface area contributed by atoms with Crippen molar-refractivity contribution in [1.29, 1.82) is 0 Å². The molecule has 3 aliphatic carbocycles. The van der Waals surface area contributed by atoms with Crippen LogP contribution in [0, 0.1) is 5.92 Å². The van der Waals surface area contributed by atoms with Crippen molar-refractivity contribution >= 4 is 38.8 Å². The Kier molecular flexibility index (Phi) is 5.74. The summed E-state index contributed by atoms with van der Waals surface area (Å²) in [5, 5.41) is 2.48. The van der Waals surface area contributed by atoms with Crippen LogP contribution in [-0.4, -0.2) is 4.98 Å². The quantitative estimate of drug-likeness (QED) is 0.177. The first-order chi connectivity index (χ1) is 20.6. The maximum atomic E-state index is 3.56. The minimum Gasteiger partial charge on any atom is -0.355 e. The number of hydrogen-bond acceptors (Lipinski definition) is 1. The molecular weight excluding hydrogens is 508 g/mol. The summed E-state index contributed by atoms with van der Waals surface area (Å²) in [6.07, 6.45) is 15.9. The van der Waals surface area contributed by atoms with Gasteiger partial charge in [0.15, 0.2) is 0 Å². The number of rotatable bonds is 4. The monoisotopic (exact) mass is 542 g/mol. The average molecular weight is 543 g/mol. The summed E-state index contributed by atoms with van der Waals surface area (Å²) in [7, 11) is 0. The molecule has 8 rings (SSSR count). The molecule has 0 aliphatic heterocycles. The number of hydrogen-bond donors (Lipinski definition) is 1. The van der Waals surface area contributed by atoms with Crippen molar-refractivity contribution in [3.05, 3.63) is 156 Å². The summed E-state index contributed by atoms with van der Waals surface area (Å²) >= 11 is 0. The van der Waals surface area contributed by atoms with Gasteiger partial charge in [0.2, 0.25) is 0 Å². The fourth-order valence-electron chi connectivity index (χ4n) is 7.56. The number of fused-ring (bicyclic) bond motifs is 6. The van der Waals surface area contributed by atoms with Crippen LogP contribution < -0.4 is 4.90 Å². The molecule has 3 aliphatic rings. The molecule has 5 aromatic rings. The van der Waals surface area contributed by atoms with Gasteiger partial charge < -0.3 is 9.88 Å². The number of benzene rings is 4. The molecular formula is C40H34N2. The largest absolute Gasteiger partial charge is 0.355 e. The molecule has 2 atom stereocenters. The molecule has 2 heteroatoms. The predicted molar refractivity (Wildman–Crippen MR) is 177 cm³/mol. The Morgan fingerprint density at radius 1 is 0.833 bits per heavy atom. The van der Waals surface area contributed by atoms with Gasteiger partial charge in [0.1, 0.15) is 0 Å². The zero-order valence-electron chi connectivity index (χ0n) is 24.1. The second-order valence-corrected chi connectivity index (χ2v) is 12.4. The molecule has 0 amide bonds. The number of H-pyrrole nitrogens is 1. The number of para-hydroxylation sites is 2. The highest BCUT2D eigenvalue weighted by Crippen LogP contribution is 2.55. The van der Waals surface area contributed by atoms with Crippen LogP contribution in [0.3, 0.4) is 0 Å². The number of aromatic amines is 1. The van der Waals surface area contributed by atoms with E-state index in [1.807, 2.05) is 6.08 Å². The number of nitrogens with one attached hydrogen (secondary N) is 1. The van der Waals surface area contributed by atoms with Gasteiger partial charge in [-0.25, -0.2) is 0 Å². The third-order valence-electron chi connectivity index (χ3n) is 9.68. The Morgan fingerprint density at radius 3 is 2.57 bits per heavy atom. The van der Waals surface area contributed by atoms with Crippen LogP contribution in [0.4, 0.5) is 11.4 Å². The number of allylic oxidation sites excluding steroid dienone is 6. The maximum absolute atomic E-state index is 3.56. The smallest absolute Gasteiger partial charge is 0.0474 e. The lowest BCUT2D eigenvalue weighted by Crippen LogP contribution is -2.26. The highest BCUT2D eigenvalue weighted by atomic mass is 15.1. The van der Waals surface area contributed by atoms with Crippen molar-refractivity contribution < 1.29 is 0 Å². The topological polar surface area (TPSA) is 19.0 Å². The van der Waals surface area contributed by atoms with E-state index in [2.05, 4.69) is 151 Å². The second kappa shape index (κ2) is 9.65. The Balaban J connectivity index is 1.26. The van der Waals surface area contributed by atoms with Crippen LogP contribution >= 0.6 is 0 Å². The van der Waals surface area contributed by atoms with Gasteiger partial charge in [-0.05, 0) is 102 Å². The molecule has 1 heterocycles. The molecule has 4 aromatic carbocycles. The van der Waals surface area contributed by atoms with Crippen LogP contribution in [0.5, 0.6) is 0 Å². The minimum atomic E-state index is 0.137. The second-order valence-electron chi connectivity index (χ2n) is 12.4. The standard InChI is InChI=1S/C40H34N2/c1-40(2)36-18-10-8-16-32(36)33-22-21-31(26-37(33)40)42(29-13-4-3-5-14-29)30-15-7-6-12-27(24-30)28-20-23-39-35(25-28)34-17-9-11-19-38(34)41-39/h3-9,11,13-17,19-26,32,36,41H,10,18H2,1-2H3. The van der Waals surface area contributed by atoms with Crippen molar-refractivity contribution in [2.24, 2.45) is 5.92 Å². The highest BCUT2D eigenvalue weighted by Gasteiger charge is 2.45. The van der Waals surface area contributed by atoms with Gasteiger partial charge in [-0.2, -0.15) is 0 Å². The lowest BCUT2D eigenvalue weighted by molar-refractivity contribution is 0.301. The molecule has 2 nitrogen and oxygen atoms in total. The van der Waals surface area contributed by atoms with Gasteiger partial charge >= 0.3 is 0 Å². The zero-order valence-corrected chi connectivity index (χ0v) is 24.1. The van der Waals surface area contributed by atoms with E-state index in [1.165, 1.54) is 40.4 Å². The maximum Gasteiger partial charge on any atom is 0.0474 e. The van der Waals surface area contributed by atoms with E-state index in [0.29, 0.717) is 11.8 Å². The van der Waals surface area contributed by atoms with E-state index in [0.717, 1.165) is 33.6 Å². The van der Waals surface area contributed by atoms with Crippen molar-refractivity contribution in [1.82, 2.24) is 4.98 Å². The molecule has 0 saturated heterocycles. The van der Waals surface area contributed by atoms with Crippen LogP contribution in [0.15, 0.2) is 139 Å². The summed E-state index contributed by atoms with van der Waals surface area (Å²) in [6, 6.07) is 33.1. The van der Waals surface area contributed by atoms with Crippen molar-refractivity contribution in [2.45, 2.75) is 38.0 Å². The van der Waals surface area contributed by atoms with Crippen LogP contribution in [0.25, 0.3) is 27.4 Å². The third kappa shape index (κ3) is 3.95. The van der Waals surface area contributed by atoms with Gasteiger partial charge in [0.25, 0.3) is 0 Å². The minimum absolute atomic E-state index is 0.137. The average Bonchev–Trinajstić information content (AvgIpc) is 3.37. The van der Waals surface area contributed by atoms with E-state index in [1.54, 1.807) is 0 Å². The van der Waals surface area contributed by atoms with Crippen LogP contribution in [0.2, 0.25) is 0 Å². The molecule has 0 fully saturated rings. The summed E-state index contributed by atoms with van der Waals surface area (Å²) < 4.78 is 0. The van der Waals surface area contributed by atoms with Gasteiger partial charge in [-0.3, -0.25) is 0 Å². The Bertz CT molecular complexity index is 2010. The normalized spacial score (nSPS) is 20.2. The molecule has 0 bridgehead atoms. The molecule has 0 saturated carbocycles. The van der Waals surface area contributed by atoms with Crippen LogP contribution in [0.1, 0.15) is 49.3 Å². The van der Waals surface area contributed by atoms with E-state index in [-0.39, 0.29) is 5.41 Å². The fourth-order valence-corrected chi connectivity index (χ4v) is 7.56. The lowest BCUT2D eigenvalue weighted by atomic mass is 9.72. The fraction of sp³-hybridized carbons (Fsp3) is 0.175. The third-order valence-corrected chi connectivity index (χ3v) is 9.68. The highest BCUT2D eigenvalue weighted by molar-refractivity contribution is 6.08. The Morgan fingerprint density at radius 2 is 1.67 bits per heavy atom. The summed E-state index contributed by atoms with van der Waals surface area (Å²) in [4.78, 5) is 5.96. The van der Waals surface area contributed by atoms with Gasteiger partial charge in [0.05, 0.1) is 0 Å². The van der Waals surface area contributed by atoms with Crippen molar-refractivity contribution in [3.63, 3.8) is 0 Å². The number of aromatic nitrogens is 1. The first-order valence-corrected chi connectivity index (χ1v) is 15.1. The van der Waals surface area contributed by atoms with E-state index in [9.17, 15) is 0 Å². The molecule has 0 spiro atoms. The zero-order chi connectivity index (χ0) is 28.3. The molecule has 42 heavy (non-hydrogen) atoms. The Labute approximate surface area is 247 Å². The van der Waals surface area contributed by atoms with Gasteiger partial charge in [-0.15, -0.1) is 5.73 Å². The first kappa shape index (κ1) is 25.0. The number of nitrogens with zero attached hydrogens (tertiary/aromatic N) is 1. The summed E-state index contributed by atoms with van der Waals surface area (Å²) in [6.45, 7) is 4.89. The van der Waals surface area contributed by atoms with Crippen molar-refractivity contribution in [2.75, 3.05) is 4.90 Å². The lowest BCUT2D eigenvalue weighted by Gasteiger charge is -2.33.